The lowest BCUT2D eigenvalue weighted by Gasteiger charge is -2.12. The van der Waals surface area contributed by atoms with Crippen LogP contribution < -0.4 is 5.32 Å². The van der Waals surface area contributed by atoms with Gasteiger partial charge in [0.25, 0.3) is 0 Å². The van der Waals surface area contributed by atoms with Crippen LogP contribution in [0.1, 0.15) is 49.8 Å². The topological polar surface area (TPSA) is 51.2 Å². The predicted octanol–water partition coefficient (Wildman–Crippen LogP) is 4.12. The van der Waals surface area contributed by atoms with Crippen molar-refractivity contribution in [2.24, 2.45) is 0 Å². The molecule has 0 spiro atoms. The largest absolute Gasteiger partial charge is 0.371 e. The van der Waals surface area contributed by atoms with Crippen molar-refractivity contribution in [3.05, 3.63) is 40.2 Å². The summed E-state index contributed by atoms with van der Waals surface area (Å²) in [6.07, 6.45) is 4.31. The van der Waals surface area contributed by atoms with Gasteiger partial charge in [0.05, 0.1) is 5.69 Å². The zero-order valence-electron chi connectivity index (χ0n) is 14.2. The molecule has 1 aliphatic heterocycles. The zero-order chi connectivity index (χ0) is 16.9. The Morgan fingerprint density at radius 3 is 2.88 bits per heavy atom. The fraction of sp³-hybridized carbons (Fsp3) is 0.474. The van der Waals surface area contributed by atoms with Gasteiger partial charge in [0.15, 0.2) is 0 Å². The monoisotopic (exact) mass is 344 g/mol. The van der Waals surface area contributed by atoms with Crippen molar-refractivity contribution < 1.29 is 9.53 Å². The van der Waals surface area contributed by atoms with E-state index in [-0.39, 0.29) is 18.1 Å². The summed E-state index contributed by atoms with van der Waals surface area (Å²) in [5.41, 5.74) is 3.46. The Balaban J connectivity index is 1.59. The second kappa shape index (κ2) is 7.90. The van der Waals surface area contributed by atoms with E-state index in [1.165, 1.54) is 5.56 Å². The van der Waals surface area contributed by atoms with Crippen molar-refractivity contribution in [3.8, 4) is 11.3 Å². The third kappa shape index (κ3) is 4.42. The van der Waals surface area contributed by atoms with Gasteiger partial charge in [-0.1, -0.05) is 24.3 Å². The molecule has 1 amide bonds. The molecule has 0 bridgehead atoms. The number of aryl methyl sites for hydroxylation is 1. The van der Waals surface area contributed by atoms with Gasteiger partial charge in [0, 0.05) is 30.5 Å². The van der Waals surface area contributed by atoms with E-state index in [9.17, 15) is 4.79 Å². The third-order valence-electron chi connectivity index (χ3n) is 4.29. The molecule has 1 fully saturated rings. The van der Waals surface area contributed by atoms with Crippen LogP contribution in [0.15, 0.2) is 29.6 Å². The number of carbonyl (C=O) groups excluding carboxylic acids is 1. The van der Waals surface area contributed by atoms with E-state index in [4.69, 9.17) is 9.72 Å². The van der Waals surface area contributed by atoms with Gasteiger partial charge in [-0.15, -0.1) is 11.3 Å². The van der Waals surface area contributed by atoms with Gasteiger partial charge < -0.3 is 10.1 Å². The molecule has 0 saturated carbocycles. The summed E-state index contributed by atoms with van der Waals surface area (Å²) in [4.78, 5) is 15.8. The Bertz CT molecular complexity index is 675. The first-order valence-electron chi connectivity index (χ1n) is 8.55. The lowest BCUT2D eigenvalue weighted by atomic mass is 10.0. The maximum Gasteiger partial charge on any atom is 0.217 e. The number of rotatable bonds is 6. The number of hydrogen-bond acceptors (Lipinski definition) is 4. The number of benzene rings is 1. The second-order valence-corrected chi connectivity index (χ2v) is 7.30. The van der Waals surface area contributed by atoms with Crippen LogP contribution in [-0.2, 0) is 16.0 Å². The first kappa shape index (κ1) is 17.1. The quantitative estimate of drug-likeness (QED) is 0.857. The van der Waals surface area contributed by atoms with Crippen molar-refractivity contribution in [1.29, 1.82) is 0 Å². The minimum Gasteiger partial charge on any atom is -0.371 e. The number of amides is 1. The Morgan fingerprint density at radius 2 is 2.21 bits per heavy atom. The summed E-state index contributed by atoms with van der Waals surface area (Å²) < 4.78 is 5.71. The molecule has 1 aromatic heterocycles. The lowest BCUT2D eigenvalue weighted by molar-refractivity contribution is -0.119. The molecule has 1 saturated heterocycles. The molecule has 4 nitrogen and oxygen atoms in total. The fourth-order valence-corrected chi connectivity index (χ4v) is 3.89. The maximum absolute atomic E-state index is 11.0. The Hall–Kier alpha value is -1.72. The molecule has 1 N–H and O–H groups in total. The number of hydrogen-bond donors (Lipinski definition) is 1. The molecule has 2 aromatic rings. The van der Waals surface area contributed by atoms with Crippen LogP contribution in [-0.4, -0.2) is 23.5 Å². The van der Waals surface area contributed by atoms with E-state index in [1.54, 1.807) is 18.3 Å². The van der Waals surface area contributed by atoms with Crippen LogP contribution in [0.2, 0.25) is 0 Å². The summed E-state index contributed by atoms with van der Waals surface area (Å²) >= 11 is 1.69. The zero-order valence-corrected chi connectivity index (χ0v) is 15.1. The van der Waals surface area contributed by atoms with Crippen molar-refractivity contribution in [3.63, 3.8) is 0 Å². The number of nitrogens with one attached hydrogen (secondary N) is 1. The van der Waals surface area contributed by atoms with E-state index in [2.05, 4.69) is 35.0 Å². The number of ether oxygens (including phenoxy) is 1. The van der Waals surface area contributed by atoms with Crippen molar-refractivity contribution in [1.82, 2.24) is 10.3 Å². The number of nitrogens with zero attached hydrogens (tertiary/aromatic N) is 1. The predicted molar refractivity (Wildman–Crippen MR) is 97.1 cm³/mol. The van der Waals surface area contributed by atoms with Crippen LogP contribution in [0.25, 0.3) is 11.3 Å². The van der Waals surface area contributed by atoms with Crippen LogP contribution in [0.5, 0.6) is 0 Å². The molecule has 1 aliphatic rings. The molecular formula is C19H24N2O2S. The molecule has 2 heterocycles. The number of thiazole rings is 1. The molecule has 3 rings (SSSR count). The summed E-state index contributed by atoms with van der Waals surface area (Å²) in [6.45, 7) is 4.45. The Kier molecular flexibility index (Phi) is 5.63. The highest BCUT2D eigenvalue weighted by Gasteiger charge is 2.21. The van der Waals surface area contributed by atoms with Crippen molar-refractivity contribution >= 4 is 17.2 Å². The smallest absolute Gasteiger partial charge is 0.217 e. The Morgan fingerprint density at radius 1 is 1.42 bits per heavy atom. The summed E-state index contributed by atoms with van der Waals surface area (Å²) in [5, 5.41) is 6.13. The lowest BCUT2D eigenvalue weighted by Crippen LogP contribution is -2.30. The van der Waals surface area contributed by atoms with Crippen molar-refractivity contribution in [2.45, 2.75) is 51.7 Å². The minimum atomic E-state index is 0.0310. The molecule has 1 aromatic carbocycles. The average Bonchev–Trinajstić information content (AvgIpc) is 3.24. The van der Waals surface area contributed by atoms with Crippen LogP contribution in [0.4, 0.5) is 0 Å². The van der Waals surface area contributed by atoms with Gasteiger partial charge in [-0.2, -0.15) is 0 Å². The Labute approximate surface area is 147 Å². The third-order valence-corrected chi connectivity index (χ3v) is 5.23. The fourth-order valence-electron chi connectivity index (χ4n) is 2.99. The molecule has 0 radical (unpaired) electrons. The van der Waals surface area contributed by atoms with Gasteiger partial charge in [-0.25, -0.2) is 4.98 Å². The first-order valence-corrected chi connectivity index (χ1v) is 9.43. The molecular weight excluding hydrogens is 320 g/mol. The van der Waals surface area contributed by atoms with Crippen LogP contribution in [0, 0.1) is 0 Å². The maximum atomic E-state index is 11.0. The summed E-state index contributed by atoms with van der Waals surface area (Å²) in [5.74, 6) is 0.0310. The molecule has 24 heavy (non-hydrogen) atoms. The number of carbonyl (C=O) groups is 1. The van der Waals surface area contributed by atoms with Gasteiger partial charge in [0.2, 0.25) is 5.91 Å². The second-order valence-electron chi connectivity index (χ2n) is 6.41. The molecule has 0 aliphatic carbocycles. The molecule has 2 atom stereocenters. The first-order chi connectivity index (χ1) is 11.6. The van der Waals surface area contributed by atoms with E-state index in [0.717, 1.165) is 48.6 Å². The minimum absolute atomic E-state index is 0.0310. The van der Waals surface area contributed by atoms with Crippen molar-refractivity contribution in [2.75, 3.05) is 6.61 Å². The average molecular weight is 344 g/mol. The molecule has 128 valence electrons. The normalized spacial score (nSPS) is 18.5. The van der Waals surface area contributed by atoms with Crippen LogP contribution >= 0.6 is 11.3 Å². The SMILES string of the molecule is CC(=O)N[C@@H](C)CCc1ccc(-c2csc([C@@H]3CCCO3)n2)cc1. The summed E-state index contributed by atoms with van der Waals surface area (Å²) in [6, 6.07) is 8.77. The van der Waals surface area contributed by atoms with Gasteiger partial charge in [0.1, 0.15) is 11.1 Å². The standard InChI is InChI=1S/C19H24N2O2S/c1-13(20-14(2)22)5-6-15-7-9-16(10-8-15)17-12-24-19(21-17)18-4-3-11-23-18/h7-10,12-13,18H,3-6,11H2,1-2H3,(H,20,22)/t13-,18-/m0/s1. The molecule has 0 unspecified atom stereocenters. The van der Waals surface area contributed by atoms with Gasteiger partial charge >= 0.3 is 0 Å². The highest BCUT2D eigenvalue weighted by Crippen LogP contribution is 2.33. The van der Waals surface area contributed by atoms with Crippen LogP contribution in [0.3, 0.4) is 0 Å². The highest BCUT2D eigenvalue weighted by atomic mass is 32.1. The van der Waals surface area contributed by atoms with E-state index < -0.39 is 0 Å². The molecule has 5 heteroatoms. The summed E-state index contributed by atoms with van der Waals surface area (Å²) in [7, 11) is 0. The highest BCUT2D eigenvalue weighted by molar-refractivity contribution is 7.10. The van der Waals surface area contributed by atoms with Gasteiger partial charge in [-0.05, 0) is 38.2 Å². The number of aromatic nitrogens is 1. The van der Waals surface area contributed by atoms with E-state index in [0.29, 0.717) is 0 Å². The van der Waals surface area contributed by atoms with Gasteiger partial charge in [-0.3, -0.25) is 4.79 Å². The van der Waals surface area contributed by atoms with E-state index in [1.807, 2.05) is 6.92 Å². The van der Waals surface area contributed by atoms with E-state index >= 15 is 0 Å².